The summed E-state index contributed by atoms with van der Waals surface area (Å²) in [4.78, 5) is 37.3. The van der Waals surface area contributed by atoms with Crippen molar-refractivity contribution in [3.63, 3.8) is 0 Å². The number of anilines is 1. The van der Waals surface area contributed by atoms with E-state index in [1.807, 2.05) is 5.38 Å². The highest BCUT2D eigenvalue weighted by atomic mass is 35.5. The Labute approximate surface area is 171 Å². The molecule has 0 fully saturated rings. The molecule has 2 N–H and O–H groups in total. The van der Waals surface area contributed by atoms with Crippen LogP contribution in [0.2, 0.25) is 10.0 Å². The highest BCUT2D eigenvalue weighted by molar-refractivity contribution is 7.08. The monoisotopic (exact) mass is 427 g/mol. The molecule has 1 aromatic carbocycles. The van der Waals surface area contributed by atoms with Crippen molar-refractivity contribution >= 4 is 57.9 Å². The van der Waals surface area contributed by atoms with Crippen molar-refractivity contribution in [2.24, 2.45) is 0 Å². The number of amides is 3. The third kappa shape index (κ3) is 6.86. The minimum atomic E-state index is -0.338. The summed E-state index contributed by atoms with van der Waals surface area (Å²) in [6.07, 6.45) is 0.730. The molecule has 0 aliphatic heterocycles. The van der Waals surface area contributed by atoms with Crippen LogP contribution in [0.25, 0.3) is 0 Å². The fraction of sp³-hybridized carbons (Fsp3) is 0.278. The quantitative estimate of drug-likeness (QED) is 0.630. The Hall–Kier alpha value is -2.09. The van der Waals surface area contributed by atoms with Crippen LogP contribution < -0.4 is 10.6 Å². The summed E-state index contributed by atoms with van der Waals surface area (Å²) < 4.78 is 0. The minimum absolute atomic E-state index is 0.0830. The molecule has 9 heteroatoms. The first-order chi connectivity index (χ1) is 12.9. The lowest BCUT2D eigenvalue weighted by atomic mass is 10.2. The molecule has 27 heavy (non-hydrogen) atoms. The standard InChI is InChI=1S/C18H19Cl2N3O3S/c1-23(10-16(24)22-13-4-5-14(19)15(20)9-13)17(25)3-2-7-21-18(26)12-6-8-27-11-12/h4-6,8-9,11H,2-3,7,10H2,1H3,(H,21,26)(H,22,24). The van der Waals surface area contributed by atoms with Crippen LogP contribution in [0.1, 0.15) is 23.2 Å². The average Bonchev–Trinajstić information content (AvgIpc) is 3.16. The summed E-state index contributed by atoms with van der Waals surface area (Å²) in [5.41, 5.74) is 1.12. The Kier molecular flexibility index (Phi) is 8.09. The number of hydrogen-bond donors (Lipinski definition) is 2. The van der Waals surface area contributed by atoms with Crippen molar-refractivity contribution in [2.75, 3.05) is 25.5 Å². The number of nitrogens with zero attached hydrogens (tertiary/aromatic N) is 1. The van der Waals surface area contributed by atoms with Crippen LogP contribution >= 0.6 is 34.5 Å². The molecule has 0 aliphatic carbocycles. The number of carbonyl (C=O) groups is 3. The lowest BCUT2D eigenvalue weighted by Crippen LogP contribution is -2.35. The molecule has 0 radical (unpaired) electrons. The fourth-order valence-electron chi connectivity index (χ4n) is 2.21. The lowest BCUT2D eigenvalue weighted by molar-refractivity contribution is -0.133. The van der Waals surface area contributed by atoms with Crippen LogP contribution in [-0.2, 0) is 9.59 Å². The summed E-state index contributed by atoms with van der Waals surface area (Å²) in [6, 6.07) is 6.49. The largest absolute Gasteiger partial charge is 0.352 e. The van der Waals surface area contributed by atoms with Crippen molar-refractivity contribution in [1.82, 2.24) is 10.2 Å². The molecule has 0 saturated heterocycles. The van der Waals surface area contributed by atoms with E-state index in [1.54, 1.807) is 36.7 Å². The van der Waals surface area contributed by atoms with Gasteiger partial charge in [0.2, 0.25) is 11.8 Å². The molecular weight excluding hydrogens is 409 g/mol. The predicted molar refractivity (Wildman–Crippen MR) is 109 cm³/mol. The number of benzene rings is 1. The van der Waals surface area contributed by atoms with Gasteiger partial charge in [0.05, 0.1) is 16.6 Å². The smallest absolute Gasteiger partial charge is 0.252 e. The molecule has 1 aromatic heterocycles. The van der Waals surface area contributed by atoms with Gasteiger partial charge in [0.1, 0.15) is 0 Å². The Morgan fingerprint density at radius 2 is 1.93 bits per heavy atom. The zero-order chi connectivity index (χ0) is 19.8. The van der Waals surface area contributed by atoms with E-state index >= 15 is 0 Å². The normalized spacial score (nSPS) is 10.3. The Morgan fingerprint density at radius 1 is 1.15 bits per heavy atom. The molecule has 2 aromatic rings. The summed E-state index contributed by atoms with van der Waals surface area (Å²) in [5, 5.41) is 9.75. The second kappa shape index (κ2) is 10.3. The fourth-order valence-corrected chi connectivity index (χ4v) is 3.14. The molecule has 0 aliphatic rings. The van der Waals surface area contributed by atoms with Gasteiger partial charge in [-0.25, -0.2) is 0 Å². The summed E-state index contributed by atoms with van der Waals surface area (Å²) in [7, 11) is 1.56. The molecule has 6 nitrogen and oxygen atoms in total. The Bertz CT molecular complexity index is 812. The number of hydrogen-bond acceptors (Lipinski definition) is 4. The van der Waals surface area contributed by atoms with Crippen LogP contribution in [-0.4, -0.2) is 42.8 Å². The van der Waals surface area contributed by atoms with Gasteiger partial charge in [-0.15, -0.1) is 0 Å². The zero-order valence-corrected chi connectivity index (χ0v) is 17.0. The van der Waals surface area contributed by atoms with Gasteiger partial charge in [-0.1, -0.05) is 23.2 Å². The van der Waals surface area contributed by atoms with Crippen molar-refractivity contribution < 1.29 is 14.4 Å². The third-order valence-electron chi connectivity index (χ3n) is 3.65. The van der Waals surface area contributed by atoms with E-state index in [4.69, 9.17) is 23.2 Å². The maximum absolute atomic E-state index is 12.1. The second-order valence-electron chi connectivity index (χ2n) is 5.80. The Morgan fingerprint density at radius 3 is 2.59 bits per heavy atom. The minimum Gasteiger partial charge on any atom is -0.352 e. The van der Waals surface area contributed by atoms with Gasteiger partial charge in [-0.2, -0.15) is 11.3 Å². The molecule has 0 unspecified atom stereocenters. The third-order valence-corrected chi connectivity index (χ3v) is 5.07. The lowest BCUT2D eigenvalue weighted by Gasteiger charge is -2.17. The van der Waals surface area contributed by atoms with Crippen LogP contribution in [0.15, 0.2) is 35.0 Å². The van der Waals surface area contributed by atoms with E-state index < -0.39 is 0 Å². The molecule has 0 atom stereocenters. The van der Waals surface area contributed by atoms with Gasteiger partial charge in [-0.05, 0) is 36.1 Å². The maximum atomic E-state index is 12.1. The molecule has 3 amide bonds. The number of nitrogens with one attached hydrogen (secondary N) is 2. The van der Waals surface area contributed by atoms with Gasteiger partial charge in [-0.3, -0.25) is 14.4 Å². The van der Waals surface area contributed by atoms with E-state index in [-0.39, 0.29) is 30.7 Å². The van der Waals surface area contributed by atoms with E-state index in [0.717, 1.165) is 0 Å². The number of thiophene rings is 1. The first kappa shape index (κ1) is 21.2. The Balaban J connectivity index is 1.69. The molecule has 1 heterocycles. The zero-order valence-electron chi connectivity index (χ0n) is 14.6. The number of halogens is 2. The van der Waals surface area contributed by atoms with Crippen LogP contribution in [0.4, 0.5) is 5.69 Å². The van der Waals surface area contributed by atoms with Gasteiger partial charge in [0, 0.05) is 36.6 Å². The molecule has 0 spiro atoms. The van der Waals surface area contributed by atoms with Gasteiger partial charge < -0.3 is 15.5 Å². The van der Waals surface area contributed by atoms with Crippen molar-refractivity contribution in [3.05, 3.63) is 50.6 Å². The van der Waals surface area contributed by atoms with Crippen LogP contribution in [0.5, 0.6) is 0 Å². The molecule has 0 bridgehead atoms. The first-order valence-electron chi connectivity index (χ1n) is 8.16. The highest BCUT2D eigenvalue weighted by Gasteiger charge is 2.13. The second-order valence-corrected chi connectivity index (χ2v) is 7.39. The number of rotatable bonds is 8. The van der Waals surface area contributed by atoms with Gasteiger partial charge >= 0.3 is 0 Å². The van der Waals surface area contributed by atoms with Crippen LogP contribution in [0, 0.1) is 0 Å². The van der Waals surface area contributed by atoms with Crippen LogP contribution in [0.3, 0.4) is 0 Å². The number of carbonyl (C=O) groups excluding carboxylic acids is 3. The summed E-state index contributed by atoms with van der Waals surface area (Å²) in [5.74, 6) is -0.669. The summed E-state index contributed by atoms with van der Waals surface area (Å²) >= 11 is 13.2. The molecule has 2 rings (SSSR count). The molecule has 144 valence electrons. The van der Waals surface area contributed by atoms with Gasteiger partial charge in [0.25, 0.3) is 5.91 Å². The van der Waals surface area contributed by atoms with Crippen molar-refractivity contribution in [3.8, 4) is 0 Å². The topological polar surface area (TPSA) is 78.5 Å². The molecular formula is C18H19Cl2N3O3S. The maximum Gasteiger partial charge on any atom is 0.252 e. The average molecular weight is 428 g/mol. The van der Waals surface area contributed by atoms with Crippen molar-refractivity contribution in [2.45, 2.75) is 12.8 Å². The van der Waals surface area contributed by atoms with E-state index in [9.17, 15) is 14.4 Å². The first-order valence-corrected chi connectivity index (χ1v) is 9.86. The summed E-state index contributed by atoms with van der Waals surface area (Å²) in [6.45, 7) is 0.310. The SMILES string of the molecule is CN(CC(=O)Nc1ccc(Cl)c(Cl)c1)C(=O)CCCNC(=O)c1ccsc1. The van der Waals surface area contributed by atoms with Crippen molar-refractivity contribution in [1.29, 1.82) is 0 Å². The van der Waals surface area contributed by atoms with E-state index in [1.165, 1.54) is 16.2 Å². The molecule has 0 saturated carbocycles. The van der Waals surface area contributed by atoms with Gasteiger partial charge in [0.15, 0.2) is 0 Å². The van der Waals surface area contributed by atoms with E-state index in [2.05, 4.69) is 10.6 Å². The number of likely N-dealkylation sites (N-methyl/N-ethyl adjacent to an activating group) is 1. The predicted octanol–water partition coefficient (Wildman–Crippen LogP) is 3.66. The van der Waals surface area contributed by atoms with E-state index in [0.29, 0.717) is 34.3 Å². The highest BCUT2D eigenvalue weighted by Crippen LogP contribution is 2.24.